The molecule has 3 aliphatic rings. The van der Waals surface area contributed by atoms with Gasteiger partial charge in [0.2, 0.25) is 5.91 Å². The van der Waals surface area contributed by atoms with Gasteiger partial charge in [-0.1, -0.05) is 92.6 Å². The molecule has 37 heavy (non-hydrogen) atoms. The highest BCUT2D eigenvalue weighted by molar-refractivity contribution is 6.33. The molecule has 188 valence electrons. The summed E-state index contributed by atoms with van der Waals surface area (Å²) in [4.78, 5) is 30.3. The molecule has 2 atom stereocenters. The summed E-state index contributed by atoms with van der Waals surface area (Å²) < 4.78 is 0. The standard InChI is InChI=1S/C32H33N3O2/c1-2-3-11-22-20-27(24-15-8-10-21-9-4-5-12-23(21)24)28-25-13-6-7-14-26(25)30(36)29(28)32(22,31(33)37)35-18-16-34-17-19-35/h4-10,12-15,20,22,34H,2-3,11,16-19H2,1H3,(H2,33,37). The second-order valence-corrected chi connectivity index (χ2v) is 10.3. The smallest absolute Gasteiger partial charge is 0.243 e. The zero-order chi connectivity index (χ0) is 25.6. The maximum Gasteiger partial charge on any atom is 0.243 e. The summed E-state index contributed by atoms with van der Waals surface area (Å²) in [5.74, 6) is -0.679. The maximum atomic E-state index is 14.3. The minimum Gasteiger partial charge on any atom is -0.368 e. The molecule has 0 aromatic heterocycles. The van der Waals surface area contributed by atoms with Crippen molar-refractivity contribution in [3.63, 3.8) is 0 Å². The number of Topliss-reactive ketones (excluding diaryl/α,β-unsaturated/α-hetero) is 1. The number of nitrogens with zero attached hydrogens (tertiary/aromatic N) is 1. The second-order valence-electron chi connectivity index (χ2n) is 10.3. The van der Waals surface area contributed by atoms with Crippen LogP contribution in [0.5, 0.6) is 0 Å². The van der Waals surface area contributed by atoms with Crippen molar-refractivity contribution in [3.8, 4) is 0 Å². The summed E-state index contributed by atoms with van der Waals surface area (Å²) in [6, 6.07) is 22.5. The molecule has 1 amide bonds. The van der Waals surface area contributed by atoms with Gasteiger partial charge in [-0.2, -0.15) is 0 Å². The predicted octanol–water partition coefficient (Wildman–Crippen LogP) is 4.82. The molecular formula is C32H33N3O2. The summed E-state index contributed by atoms with van der Waals surface area (Å²) in [6.07, 6.45) is 5.02. The lowest BCUT2D eigenvalue weighted by Gasteiger charge is -2.50. The minimum absolute atomic E-state index is 0.0599. The van der Waals surface area contributed by atoms with Crippen molar-refractivity contribution in [2.24, 2.45) is 11.7 Å². The molecule has 0 spiro atoms. The van der Waals surface area contributed by atoms with Gasteiger partial charge in [0.25, 0.3) is 0 Å². The van der Waals surface area contributed by atoms with Crippen LogP contribution >= 0.6 is 0 Å². The largest absolute Gasteiger partial charge is 0.368 e. The summed E-state index contributed by atoms with van der Waals surface area (Å²) >= 11 is 0. The lowest BCUT2D eigenvalue weighted by molar-refractivity contribution is -0.130. The third-order valence-electron chi connectivity index (χ3n) is 8.41. The molecule has 1 saturated heterocycles. The fraction of sp³-hybridized carbons (Fsp3) is 0.312. The van der Waals surface area contributed by atoms with Crippen molar-refractivity contribution in [3.05, 3.63) is 95.1 Å². The molecule has 1 heterocycles. The van der Waals surface area contributed by atoms with E-state index in [1.54, 1.807) is 0 Å². The van der Waals surface area contributed by atoms with Crippen molar-refractivity contribution in [2.45, 2.75) is 31.7 Å². The van der Waals surface area contributed by atoms with Crippen molar-refractivity contribution in [2.75, 3.05) is 26.2 Å². The van der Waals surface area contributed by atoms with Crippen LogP contribution in [0.15, 0.2) is 78.4 Å². The molecule has 2 unspecified atom stereocenters. The van der Waals surface area contributed by atoms with Crippen molar-refractivity contribution >= 4 is 33.6 Å². The van der Waals surface area contributed by atoms with Gasteiger partial charge in [0, 0.05) is 43.2 Å². The first-order valence-corrected chi connectivity index (χ1v) is 13.4. The van der Waals surface area contributed by atoms with E-state index < -0.39 is 11.4 Å². The van der Waals surface area contributed by atoms with Crippen LogP contribution in [0.2, 0.25) is 0 Å². The van der Waals surface area contributed by atoms with E-state index in [-0.39, 0.29) is 11.7 Å². The number of nitrogens with one attached hydrogen (secondary N) is 1. The van der Waals surface area contributed by atoms with E-state index in [1.807, 2.05) is 30.3 Å². The molecule has 5 heteroatoms. The Labute approximate surface area is 218 Å². The number of piperazine rings is 1. The number of benzene rings is 3. The van der Waals surface area contributed by atoms with Gasteiger partial charge in [0.05, 0.1) is 0 Å². The fourth-order valence-corrected chi connectivity index (χ4v) is 6.79. The number of primary amides is 1. The van der Waals surface area contributed by atoms with Gasteiger partial charge in [-0.25, -0.2) is 0 Å². The third kappa shape index (κ3) is 3.52. The quantitative estimate of drug-likeness (QED) is 0.518. The molecule has 2 aliphatic carbocycles. The van der Waals surface area contributed by atoms with E-state index in [0.717, 1.165) is 65.4 Å². The van der Waals surface area contributed by atoms with Crippen LogP contribution in [0.1, 0.15) is 47.7 Å². The fourth-order valence-electron chi connectivity index (χ4n) is 6.79. The predicted molar refractivity (Wildman–Crippen MR) is 149 cm³/mol. The van der Waals surface area contributed by atoms with Gasteiger partial charge in [0.1, 0.15) is 5.54 Å². The SMILES string of the molecule is CCCCC1C=C(c2cccc3ccccc23)C2=C(C(=O)c3ccccc32)C1(C(N)=O)N1CCNCC1. The third-order valence-corrected chi connectivity index (χ3v) is 8.41. The molecule has 0 radical (unpaired) electrons. The molecule has 3 N–H and O–H groups in total. The number of fused-ring (bicyclic) bond motifs is 3. The molecule has 6 rings (SSSR count). The highest BCUT2D eigenvalue weighted by atomic mass is 16.2. The number of rotatable bonds is 6. The first kappa shape index (κ1) is 23.8. The first-order valence-electron chi connectivity index (χ1n) is 13.4. The second kappa shape index (κ2) is 9.40. The zero-order valence-corrected chi connectivity index (χ0v) is 21.3. The molecule has 3 aromatic carbocycles. The van der Waals surface area contributed by atoms with Gasteiger partial charge in [0.15, 0.2) is 5.78 Å². The number of ketones is 1. The number of hydrogen-bond donors (Lipinski definition) is 2. The normalized spacial score (nSPS) is 23.6. The van der Waals surface area contributed by atoms with Crippen LogP contribution < -0.4 is 11.1 Å². The molecule has 1 aliphatic heterocycles. The maximum absolute atomic E-state index is 14.3. The highest BCUT2D eigenvalue weighted by Gasteiger charge is 2.58. The lowest BCUT2D eigenvalue weighted by atomic mass is 9.65. The van der Waals surface area contributed by atoms with E-state index in [1.165, 1.54) is 0 Å². The summed E-state index contributed by atoms with van der Waals surface area (Å²) in [5, 5.41) is 5.69. The van der Waals surface area contributed by atoms with Gasteiger partial charge in [-0.15, -0.1) is 0 Å². The van der Waals surface area contributed by atoms with Crippen LogP contribution in [0, 0.1) is 5.92 Å². The number of carbonyl (C=O) groups excluding carboxylic acids is 2. The summed E-state index contributed by atoms with van der Waals surface area (Å²) in [6.45, 7) is 5.03. The molecule has 5 nitrogen and oxygen atoms in total. The number of hydrogen-bond acceptors (Lipinski definition) is 4. The Morgan fingerprint density at radius 2 is 1.65 bits per heavy atom. The van der Waals surface area contributed by atoms with Crippen molar-refractivity contribution in [1.29, 1.82) is 0 Å². The number of unbranched alkanes of at least 4 members (excludes halogenated alkanes) is 1. The Balaban J connectivity index is 1.68. The van der Waals surface area contributed by atoms with E-state index in [0.29, 0.717) is 24.2 Å². The van der Waals surface area contributed by atoms with E-state index >= 15 is 0 Å². The van der Waals surface area contributed by atoms with Gasteiger partial charge in [-0.3, -0.25) is 14.5 Å². The molecule has 0 saturated carbocycles. The summed E-state index contributed by atoms with van der Waals surface area (Å²) in [5.41, 5.74) is 10.4. The Bertz CT molecular complexity index is 1460. The zero-order valence-electron chi connectivity index (χ0n) is 21.3. The molecule has 1 fully saturated rings. The van der Waals surface area contributed by atoms with Crippen LogP contribution in [0.3, 0.4) is 0 Å². The minimum atomic E-state index is -1.17. The molecule has 0 bridgehead atoms. The van der Waals surface area contributed by atoms with E-state index in [9.17, 15) is 9.59 Å². The topological polar surface area (TPSA) is 75.4 Å². The number of carbonyl (C=O) groups is 2. The number of nitrogens with two attached hydrogens (primary N) is 1. The Kier molecular flexibility index (Phi) is 6.06. The van der Waals surface area contributed by atoms with Gasteiger partial charge in [-0.05, 0) is 39.5 Å². The Morgan fingerprint density at radius 3 is 2.41 bits per heavy atom. The lowest BCUT2D eigenvalue weighted by Crippen LogP contribution is -2.67. The Hall–Kier alpha value is -3.54. The van der Waals surface area contributed by atoms with Crippen LogP contribution in [-0.4, -0.2) is 48.3 Å². The van der Waals surface area contributed by atoms with Crippen molar-refractivity contribution < 1.29 is 9.59 Å². The number of allylic oxidation sites excluding steroid dienone is 2. The van der Waals surface area contributed by atoms with Crippen LogP contribution in [0.25, 0.3) is 21.9 Å². The van der Waals surface area contributed by atoms with Crippen LogP contribution in [-0.2, 0) is 4.79 Å². The summed E-state index contributed by atoms with van der Waals surface area (Å²) in [7, 11) is 0. The monoisotopic (exact) mass is 491 g/mol. The van der Waals surface area contributed by atoms with Crippen molar-refractivity contribution in [1.82, 2.24) is 10.2 Å². The Morgan fingerprint density at radius 1 is 0.973 bits per heavy atom. The highest BCUT2D eigenvalue weighted by Crippen LogP contribution is 2.54. The average molecular weight is 492 g/mol. The van der Waals surface area contributed by atoms with Gasteiger partial charge >= 0.3 is 0 Å². The van der Waals surface area contributed by atoms with Crippen LogP contribution in [0.4, 0.5) is 0 Å². The van der Waals surface area contributed by atoms with Gasteiger partial charge < -0.3 is 11.1 Å². The average Bonchev–Trinajstić information content (AvgIpc) is 3.24. The first-order chi connectivity index (χ1) is 18.1. The van der Waals surface area contributed by atoms with E-state index in [4.69, 9.17) is 5.73 Å². The number of amides is 1. The molecular weight excluding hydrogens is 458 g/mol. The molecule has 3 aromatic rings. The van der Waals surface area contributed by atoms with E-state index in [2.05, 4.69) is 59.6 Å².